The molecular weight excluding hydrogens is 316 g/mol. The van der Waals surface area contributed by atoms with Gasteiger partial charge in [-0.05, 0) is 28.4 Å². The lowest BCUT2D eigenvalue weighted by molar-refractivity contribution is 0.0695. The van der Waals surface area contributed by atoms with Crippen molar-refractivity contribution in [2.45, 2.75) is 13.0 Å². The van der Waals surface area contributed by atoms with Crippen molar-refractivity contribution in [1.29, 1.82) is 0 Å². The van der Waals surface area contributed by atoms with Gasteiger partial charge >= 0.3 is 5.97 Å². The summed E-state index contributed by atoms with van der Waals surface area (Å²) in [5, 5.41) is 10.8. The van der Waals surface area contributed by atoms with Gasteiger partial charge in [-0.2, -0.15) is 0 Å². The van der Waals surface area contributed by atoms with Gasteiger partial charge in [-0.1, -0.05) is 30.3 Å². The highest BCUT2D eigenvalue weighted by atomic mass is 79.9. The molecule has 1 unspecified atom stereocenters. The van der Waals surface area contributed by atoms with Crippen molar-refractivity contribution in [3.8, 4) is 5.75 Å². The van der Waals surface area contributed by atoms with Crippen LogP contribution in [-0.4, -0.2) is 11.1 Å². The minimum absolute atomic E-state index is 0.199. The molecule has 0 saturated carbocycles. The number of thiophene rings is 1. The predicted octanol–water partition coefficient (Wildman–Crippen LogP) is 4.35. The van der Waals surface area contributed by atoms with Gasteiger partial charge in [0.15, 0.2) is 10.6 Å². The summed E-state index contributed by atoms with van der Waals surface area (Å²) in [7, 11) is 0. The van der Waals surface area contributed by atoms with Gasteiger partial charge < -0.3 is 9.84 Å². The Kier molecular flexibility index (Phi) is 4.04. The molecule has 1 aromatic heterocycles. The SMILES string of the molecule is CC(Oc1c(Br)csc1C(=O)O)c1ccccc1. The molecule has 0 aliphatic rings. The van der Waals surface area contributed by atoms with Crippen LogP contribution in [0.15, 0.2) is 40.2 Å². The molecule has 94 valence electrons. The molecule has 0 bridgehead atoms. The number of ether oxygens (including phenoxy) is 1. The third-order valence-corrected chi connectivity index (χ3v) is 4.30. The number of benzene rings is 1. The summed E-state index contributed by atoms with van der Waals surface area (Å²) in [5.41, 5.74) is 1.01. The minimum atomic E-state index is -0.971. The number of hydrogen-bond donors (Lipinski definition) is 1. The van der Waals surface area contributed by atoms with Gasteiger partial charge in [0.2, 0.25) is 0 Å². The average molecular weight is 327 g/mol. The van der Waals surface area contributed by atoms with Crippen LogP contribution in [0.25, 0.3) is 0 Å². The molecule has 1 aromatic carbocycles. The van der Waals surface area contributed by atoms with Crippen LogP contribution in [0.2, 0.25) is 0 Å². The van der Waals surface area contributed by atoms with Crippen molar-refractivity contribution in [2.75, 3.05) is 0 Å². The third kappa shape index (κ3) is 2.73. The van der Waals surface area contributed by atoms with Gasteiger partial charge in [-0.15, -0.1) is 11.3 Å². The maximum absolute atomic E-state index is 11.1. The number of aromatic carboxylic acids is 1. The van der Waals surface area contributed by atoms with Crippen LogP contribution >= 0.6 is 27.3 Å². The second-order valence-corrected chi connectivity index (χ2v) is 5.45. The van der Waals surface area contributed by atoms with Gasteiger partial charge in [0.1, 0.15) is 6.10 Å². The molecule has 0 radical (unpaired) electrons. The molecule has 1 heterocycles. The Balaban J connectivity index is 2.24. The number of halogens is 1. The van der Waals surface area contributed by atoms with Crippen LogP contribution in [-0.2, 0) is 0 Å². The van der Waals surface area contributed by atoms with Gasteiger partial charge in [-0.3, -0.25) is 0 Å². The van der Waals surface area contributed by atoms with E-state index < -0.39 is 5.97 Å². The van der Waals surface area contributed by atoms with Gasteiger partial charge in [-0.25, -0.2) is 4.79 Å². The van der Waals surface area contributed by atoms with E-state index in [1.165, 1.54) is 0 Å². The van der Waals surface area contributed by atoms with E-state index in [1.54, 1.807) is 5.38 Å². The van der Waals surface area contributed by atoms with E-state index in [0.717, 1.165) is 16.9 Å². The molecule has 0 aliphatic carbocycles. The summed E-state index contributed by atoms with van der Waals surface area (Å²) >= 11 is 4.46. The average Bonchev–Trinajstić information content (AvgIpc) is 2.72. The number of rotatable bonds is 4. The molecule has 1 N–H and O–H groups in total. The Labute approximate surface area is 117 Å². The molecule has 1 atom stereocenters. The van der Waals surface area contributed by atoms with Crippen LogP contribution in [0.3, 0.4) is 0 Å². The van der Waals surface area contributed by atoms with Crippen LogP contribution in [0.1, 0.15) is 28.3 Å². The second-order valence-electron chi connectivity index (χ2n) is 3.72. The van der Waals surface area contributed by atoms with Crippen LogP contribution in [0, 0.1) is 0 Å². The Morgan fingerprint density at radius 1 is 1.39 bits per heavy atom. The normalized spacial score (nSPS) is 12.1. The summed E-state index contributed by atoms with van der Waals surface area (Å²) in [6.07, 6.45) is -0.199. The van der Waals surface area contributed by atoms with E-state index >= 15 is 0 Å². The highest BCUT2D eigenvalue weighted by Gasteiger charge is 2.20. The van der Waals surface area contributed by atoms with Gasteiger partial charge in [0, 0.05) is 5.38 Å². The zero-order chi connectivity index (χ0) is 13.1. The van der Waals surface area contributed by atoms with E-state index in [1.807, 2.05) is 37.3 Å². The predicted molar refractivity (Wildman–Crippen MR) is 74.5 cm³/mol. The fourth-order valence-corrected chi connectivity index (χ4v) is 2.95. The first kappa shape index (κ1) is 13.1. The Morgan fingerprint density at radius 2 is 2.06 bits per heavy atom. The molecule has 0 amide bonds. The van der Waals surface area contributed by atoms with E-state index in [9.17, 15) is 4.79 Å². The topological polar surface area (TPSA) is 46.5 Å². The Hall–Kier alpha value is -1.33. The molecule has 2 aromatic rings. The summed E-state index contributed by atoms with van der Waals surface area (Å²) < 4.78 is 6.42. The summed E-state index contributed by atoms with van der Waals surface area (Å²) in [5.74, 6) is -0.579. The van der Waals surface area contributed by atoms with Crippen molar-refractivity contribution in [2.24, 2.45) is 0 Å². The Morgan fingerprint density at radius 3 is 2.67 bits per heavy atom. The smallest absolute Gasteiger partial charge is 0.349 e. The van der Waals surface area contributed by atoms with Gasteiger partial charge in [0.25, 0.3) is 0 Å². The molecule has 2 rings (SSSR count). The summed E-state index contributed by atoms with van der Waals surface area (Å²) in [4.78, 5) is 11.3. The van der Waals surface area contributed by atoms with Crippen LogP contribution in [0.4, 0.5) is 0 Å². The minimum Gasteiger partial charge on any atom is -0.483 e. The van der Waals surface area contributed by atoms with E-state index in [2.05, 4.69) is 15.9 Å². The molecule has 0 saturated heterocycles. The lowest BCUT2D eigenvalue weighted by Crippen LogP contribution is -2.05. The molecular formula is C13H11BrO3S. The number of carbonyl (C=O) groups is 1. The fourth-order valence-electron chi connectivity index (χ4n) is 1.55. The van der Waals surface area contributed by atoms with Crippen LogP contribution in [0.5, 0.6) is 5.75 Å². The van der Waals surface area contributed by atoms with E-state index in [-0.39, 0.29) is 11.0 Å². The summed E-state index contributed by atoms with van der Waals surface area (Å²) in [6, 6.07) is 9.68. The fraction of sp³-hybridized carbons (Fsp3) is 0.154. The third-order valence-electron chi connectivity index (χ3n) is 2.46. The zero-order valence-corrected chi connectivity index (χ0v) is 12.0. The van der Waals surface area contributed by atoms with E-state index in [0.29, 0.717) is 10.2 Å². The molecule has 5 heteroatoms. The highest BCUT2D eigenvalue weighted by Crippen LogP contribution is 2.37. The summed E-state index contributed by atoms with van der Waals surface area (Å²) in [6.45, 7) is 1.89. The van der Waals surface area contributed by atoms with Crippen molar-refractivity contribution in [1.82, 2.24) is 0 Å². The first-order chi connectivity index (χ1) is 8.59. The molecule has 0 spiro atoms. The highest BCUT2D eigenvalue weighted by molar-refractivity contribution is 9.10. The molecule has 3 nitrogen and oxygen atoms in total. The maximum atomic E-state index is 11.1. The van der Waals surface area contributed by atoms with Gasteiger partial charge in [0.05, 0.1) is 4.47 Å². The standard InChI is InChI=1S/C13H11BrO3S/c1-8(9-5-3-2-4-6-9)17-11-10(14)7-18-12(11)13(15)16/h2-8H,1H3,(H,15,16). The first-order valence-electron chi connectivity index (χ1n) is 5.31. The number of hydrogen-bond acceptors (Lipinski definition) is 3. The monoisotopic (exact) mass is 326 g/mol. The second kappa shape index (κ2) is 5.54. The van der Waals surface area contributed by atoms with Crippen molar-refractivity contribution in [3.05, 3.63) is 50.6 Å². The first-order valence-corrected chi connectivity index (χ1v) is 6.98. The van der Waals surface area contributed by atoms with E-state index in [4.69, 9.17) is 9.84 Å². The largest absolute Gasteiger partial charge is 0.483 e. The number of carboxylic acid groups (broad SMARTS) is 1. The van der Waals surface area contributed by atoms with Crippen molar-refractivity contribution >= 4 is 33.2 Å². The lowest BCUT2D eigenvalue weighted by atomic mass is 10.1. The van der Waals surface area contributed by atoms with Crippen molar-refractivity contribution in [3.63, 3.8) is 0 Å². The van der Waals surface area contributed by atoms with Crippen molar-refractivity contribution < 1.29 is 14.6 Å². The number of carboxylic acids is 1. The Bertz CT molecular complexity index is 551. The van der Waals surface area contributed by atoms with Crippen LogP contribution < -0.4 is 4.74 Å². The maximum Gasteiger partial charge on any atom is 0.349 e. The molecule has 18 heavy (non-hydrogen) atoms. The zero-order valence-electron chi connectivity index (χ0n) is 9.59. The molecule has 0 aliphatic heterocycles. The lowest BCUT2D eigenvalue weighted by Gasteiger charge is -2.15. The molecule has 0 fully saturated rings. The quantitative estimate of drug-likeness (QED) is 0.908.